The van der Waals surface area contributed by atoms with Gasteiger partial charge >= 0.3 is 0 Å². The minimum atomic E-state index is -0.121. The van der Waals surface area contributed by atoms with Crippen molar-refractivity contribution >= 4 is 5.91 Å². The highest BCUT2D eigenvalue weighted by Crippen LogP contribution is 2.48. The van der Waals surface area contributed by atoms with Crippen molar-refractivity contribution in [3.05, 3.63) is 0 Å². The van der Waals surface area contributed by atoms with Crippen LogP contribution in [0.5, 0.6) is 0 Å². The van der Waals surface area contributed by atoms with Crippen molar-refractivity contribution in [1.29, 1.82) is 5.26 Å². The van der Waals surface area contributed by atoms with Crippen LogP contribution >= 0.6 is 0 Å². The third-order valence-electron chi connectivity index (χ3n) is 2.94. The maximum absolute atomic E-state index is 11.2. The van der Waals surface area contributed by atoms with Crippen LogP contribution < -0.4 is 10.6 Å². The summed E-state index contributed by atoms with van der Waals surface area (Å²) >= 11 is 0. The van der Waals surface area contributed by atoms with Crippen LogP contribution in [0.4, 0.5) is 0 Å². The lowest BCUT2D eigenvalue weighted by atomic mass is 10.0. The maximum atomic E-state index is 11.2. The van der Waals surface area contributed by atoms with Crippen LogP contribution in [0, 0.1) is 16.7 Å². The van der Waals surface area contributed by atoms with E-state index in [1.54, 1.807) is 7.11 Å². The fourth-order valence-corrected chi connectivity index (χ4v) is 1.65. The number of nitriles is 1. The van der Waals surface area contributed by atoms with E-state index in [9.17, 15) is 4.79 Å². The fraction of sp³-hybridized carbons (Fsp3) is 0.818. The van der Waals surface area contributed by atoms with Crippen molar-refractivity contribution in [3.8, 4) is 6.07 Å². The number of nitrogens with zero attached hydrogens (tertiary/aromatic N) is 1. The van der Waals surface area contributed by atoms with Crippen LogP contribution in [0.1, 0.15) is 19.3 Å². The zero-order valence-corrected chi connectivity index (χ0v) is 9.71. The van der Waals surface area contributed by atoms with Crippen molar-refractivity contribution in [1.82, 2.24) is 10.6 Å². The average molecular weight is 225 g/mol. The van der Waals surface area contributed by atoms with Gasteiger partial charge in [-0.1, -0.05) is 0 Å². The highest BCUT2D eigenvalue weighted by atomic mass is 16.5. The second-order valence-electron chi connectivity index (χ2n) is 4.28. The van der Waals surface area contributed by atoms with E-state index in [4.69, 9.17) is 10.00 Å². The Morgan fingerprint density at radius 2 is 2.31 bits per heavy atom. The summed E-state index contributed by atoms with van der Waals surface area (Å²) < 4.78 is 5.06. The first-order valence-electron chi connectivity index (χ1n) is 5.56. The van der Waals surface area contributed by atoms with Crippen molar-refractivity contribution in [2.24, 2.45) is 5.41 Å². The molecule has 0 saturated heterocycles. The quantitative estimate of drug-likeness (QED) is 0.572. The van der Waals surface area contributed by atoms with Gasteiger partial charge in [0.15, 0.2) is 0 Å². The number of carbonyl (C=O) groups excluding carboxylic acids is 1. The van der Waals surface area contributed by atoms with Crippen LogP contribution in [-0.4, -0.2) is 39.3 Å². The normalized spacial score (nSPS) is 16.5. The molecule has 0 aromatic heterocycles. The van der Waals surface area contributed by atoms with Crippen molar-refractivity contribution < 1.29 is 9.53 Å². The van der Waals surface area contributed by atoms with E-state index in [1.807, 2.05) is 6.07 Å². The van der Waals surface area contributed by atoms with Crippen LogP contribution in [0.15, 0.2) is 0 Å². The molecule has 1 amide bonds. The van der Waals surface area contributed by atoms with E-state index < -0.39 is 0 Å². The smallest absolute Gasteiger partial charge is 0.234 e. The summed E-state index contributed by atoms with van der Waals surface area (Å²) in [6, 6.07) is 1.87. The van der Waals surface area contributed by atoms with Gasteiger partial charge in [0.2, 0.25) is 5.91 Å². The Kier molecular flexibility index (Phi) is 5.23. The zero-order chi connectivity index (χ0) is 11.9. The second-order valence-corrected chi connectivity index (χ2v) is 4.28. The Hall–Kier alpha value is -1.12. The summed E-state index contributed by atoms with van der Waals surface area (Å²) in [6.07, 6.45) is 3.47. The van der Waals surface area contributed by atoms with Crippen LogP contribution in [0.25, 0.3) is 0 Å². The van der Waals surface area contributed by atoms with Gasteiger partial charge in [-0.05, 0) is 24.7 Å². The maximum Gasteiger partial charge on any atom is 0.234 e. The number of carbonyl (C=O) groups is 1. The summed E-state index contributed by atoms with van der Waals surface area (Å²) in [5.74, 6) is -0.121. The molecule has 1 rings (SSSR count). The molecule has 0 aromatic rings. The molecule has 2 N–H and O–H groups in total. The Balaban J connectivity index is 2.06. The van der Waals surface area contributed by atoms with Gasteiger partial charge in [-0.25, -0.2) is 0 Å². The molecule has 90 valence electrons. The molecule has 0 atom stereocenters. The number of amides is 1. The zero-order valence-electron chi connectivity index (χ0n) is 9.71. The summed E-state index contributed by atoms with van der Waals surface area (Å²) in [5.41, 5.74) is 0.353. The van der Waals surface area contributed by atoms with E-state index in [0.717, 1.165) is 19.6 Å². The lowest BCUT2D eigenvalue weighted by Gasteiger charge is -2.14. The average Bonchev–Trinajstić information content (AvgIpc) is 3.04. The molecule has 0 radical (unpaired) electrons. The lowest BCUT2D eigenvalue weighted by Crippen LogP contribution is -2.36. The molecule has 0 bridgehead atoms. The summed E-state index contributed by atoms with van der Waals surface area (Å²) in [6.45, 7) is 2.00. The molecular formula is C11H19N3O2. The molecular weight excluding hydrogens is 206 g/mol. The van der Waals surface area contributed by atoms with Gasteiger partial charge in [-0.15, -0.1) is 0 Å². The summed E-state index contributed by atoms with van der Waals surface area (Å²) in [7, 11) is 1.71. The van der Waals surface area contributed by atoms with Gasteiger partial charge in [0.1, 0.15) is 6.54 Å². The van der Waals surface area contributed by atoms with E-state index in [1.165, 1.54) is 12.8 Å². The van der Waals surface area contributed by atoms with Crippen molar-refractivity contribution in [3.63, 3.8) is 0 Å². The monoisotopic (exact) mass is 225 g/mol. The van der Waals surface area contributed by atoms with Crippen molar-refractivity contribution in [2.45, 2.75) is 19.3 Å². The Morgan fingerprint density at radius 1 is 1.56 bits per heavy atom. The number of rotatable bonds is 8. The molecule has 0 heterocycles. The molecule has 0 aliphatic heterocycles. The van der Waals surface area contributed by atoms with Crippen LogP contribution in [0.3, 0.4) is 0 Å². The molecule has 1 saturated carbocycles. The van der Waals surface area contributed by atoms with Gasteiger partial charge < -0.3 is 15.4 Å². The first kappa shape index (κ1) is 12.9. The Bertz CT molecular complexity index is 269. The third-order valence-corrected chi connectivity index (χ3v) is 2.94. The lowest BCUT2D eigenvalue weighted by molar-refractivity contribution is -0.120. The molecule has 1 aliphatic carbocycles. The first-order valence-corrected chi connectivity index (χ1v) is 5.56. The molecule has 0 unspecified atom stereocenters. The molecule has 0 spiro atoms. The molecule has 0 aromatic carbocycles. The number of ether oxygens (including phenoxy) is 1. The Labute approximate surface area is 96.2 Å². The minimum Gasteiger partial charge on any atom is -0.385 e. The highest BCUT2D eigenvalue weighted by Gasteiger charge is 2.41. The molecule has 5 nitrogen and oxygen atoms in total. The number of hydrogen-bond acceptors (Lipinski definition) is 4. The largest absolute Gasteiger partial charge is 0.385 e. The Morgan fingerprint density at radius 3 is 2.88 bits per heavy atom. The first-order chi connectivity index (χ1) is 7.72. The van der Waals surface area contributed by atoms with Crippen LogP contribution in [0.2, 0.25) is 0 Å². The van der Waals surface area contributed by atoms with E-state index >= 15 is 0 Å². The minimum absolute atomic E-state index is 0.0787. The standard InChI is InChI=1S/C11H19N3O2/c1-16-7-4-11(2-3-11)9-13-8-10(15)14-6-5-12/h13H,2-4,6-9H2,1H3,(H,14,15). The van der Waals surface area contributed by atoms with Gasteiger partial charge in [0, 0.05) is 20.3 Å². The number of methoxy groups -OCH3 is 1. The molecule has 1 aliphatic rings. The molecule has 16 heavy (non-hydrogen) atoms. The van der Waals surface area contributed by atoms with E-state index in [-0.39, 0.29) is 19.0 Å². The van der Waals surface area contributed by atoms with Crippen LogP contribution in [-0.2, 0) is 9.53 Å². The molecule has 1 fully saturated rings. The summed E-state index contributed by atoms with van der Waals surface area (Å²) in [4.78, 5) is 11.2. The summed E-state index contributed by atoms with van der Waals surface area (Å²) in [5, 5.41) is 13.9. The van der Waals surface area contributed by atoms with Crippen molar-refractivity contribution in [2.75, 3.05) is 33.4 Å². The number of hydrogen-bond donors (Lipinski definition) is 2. The van der Waals surface area contributed by atoms with Gasteiger partial charge in [0.05, 0.1) is 12.6 Å². The molecule has 5 heteroatoms. The van der Waals surface area contributed by atoms with Gasteiger partial charge in [0.25, 0.3) is 0 Å². The number of nitrogens with one attached hydrogen (secondary N) is 2. The SMILES string of the molecule is COCCC1(CNCC(=O)NCC#N)CC1. The van der Waals surface area contributed by atoms with Gasteiger partial charge in [-0.3, -0.25) is 4.79 Å². The fourth-order valence-electron chi connectivity index (χ4n) is 1.65. The third kappa shape index (κ3) is 4.60. The topological polar surface area (TPSA) is 74.2 Å². The van der Waals surface area contributed by atoms with E-state index in [0.29, 0.717) is 5.41 Å². The van der Waals surface area contributed by atoms with E-state index in [2.05, 4.69) is 10.6 Å². The predicted molar refractivity (Wildman–Crippen MR) is 59.7 cm³/mol. The highest BCUT2D eigenvalue weighted by molar-refractivity contribution is 5.78. The predicted octanol–water partition coefficient (Wildman–Crippen LogP) is 0.0325. The van der Waals surface area contributed by atoms with Gasteiger partial charge in [-0.2, -0.15) is 5.26 Å². The second kappa shape index (κ2) is 6.46.